The number of carbonyl (C=O) groups excluding carboxylic acids is 1. The van der Waals surface area contributed by atoms with Crippen molar-refractivity contribution in [2.75, 3.05) is 45.9 Å². The second-order valence-corrected chi connectivity index (χ2v) is 9.83. The van der Waals surface area contributed by atoms with Crippen molar-refractivity contribution in [2.24, 2.45) is 23.2 Å². The van der Waals surface area contributed by atoms with Crippen LogP contribution >= 0.6 is 0 Å². The molecule has 0 unspecified atom stereocenters. The van der Waals surface area contributed by atoms with Crippen LogP contribution in [-0.4, -0.2) is 73.3 Å². The average molecular weight is 363 g/mol. The molecule has 0 N–H and O–H groups in total. The topological polar surface area (TPSA) is 45.3 Å². The van der Waals surface area contributed by atoms with Crippen LogP contribution in [-0.2, 0) is 14.3 Å². The van der Waals surface area contributed by atoms with E-state index in [2.05, 4.69) is 23.6 Å². The highest BCUT2D eigenvalue weighted by atomic mass is 16.6. The smallest absolute Gasteiger partial charge is 0.310 e. The summed E-state index contributed by atoms with van der Waals surface area (Å²) in [4.78, 5) is 17.7. The van der Waals surface area contributed by atoms with Crippen LogP contribution in [0.2, 0.25) is 0 Å². The van der Waals surface area contributed by atoms with Crippen LogP contribution in [0, 0.1) is 23.2 Å². The lowest BCUT2D eigenvalue weighted by atomic mass is 9.53. The number of fused-ring (bicyclic) bond motifs is 3. The molecule has 3 aliphatic heterocycles. The van der Waals surface area contributed by atoms with Crippen LogP contribution in [0.3, 0.4) is 0 Å². The number of nitrogens with zero attached hydrogens (tertiary/aromatic N) is 2. The molecule has 1 spiro atoms. The zero-order valence-corrected chi connectivity index (χ0v) is 16.4. The molecule has 0 amide bonds. The van der Waals surface area contributed by atoms with Gasteiger partial charge in [-0.25, -0.2) is 0 Å². The fraction of sp³-hybridized carbons (Fsp3) is 0.952. The molecular formula is C21H34N2O3. The number of piperazine rings is 1. The number of rotatable bonds is 3. The van der Waals surface area contributed by atoms with Crippen molar-refractivity contribution in [1.82, 2.24) is 9.80 Å². The second-order valence-electron chi connectivity index (χ2n) is 9.83. The van der Waals surface area contributed by atoms with Crippen LogP contribution in [0.1, 0.15) is 46.0 Å². The Hall–Kier alpha value is -0.650. The molecule has 6 atom stereocenters. The molecule has 2 saturated carbocycles. The van der Waals surface area contributed by atoms with E-state index < -0.39 is 0 Å². The summed E-state index contributed by atoms with van der Waals surface area (Å²) in [5.41, 5.74) is 0.457. The molecule has 5 aliphatic rings. The van der Waals surface area contributed by atoms with E-state index in [0.717, 1.165) is 58.7 Å². The van der Waals surface area contributed by atoms with Crippen molar-refractivity contribution in [1.29, 1.82) is 0 Å². The minimum atomic E-state index is 0.0749. The molecule has 5 heteroatoms. The van der Waals surface area contributed by atoms with Gasteiger partial charge >= 0.3 is 5.97 Å². The van der Waals surface area contributed by atoms with Crippen molar-refractivity contribution in [3.05, 3.63) is 0 Å². The van der Waals surface area contributed by atoms with Gasteiger partial charge in [-0.1, -0.05) is 13.8 Å². The number of likely N-dealkylation sites (N-methyl/N-ethyl adjacent to an activating group) is 1. The number of hydrogen-bond donors (Lipinski definition) is 0. The largest absolute Gasteiger partial charge is 0.462 e. The highest BCUT2D eigenvalue weighted by molar-refractivity contribution is 5.75. The summed E-state index contributed by atoms with van der Waals surface area (Å²) in [6.45, 7) is 12.1. The van der Waals surface area contributed by atoms with Crippen LogP contribution < -0.4 is 0 Å². The minimum Gasteiger partial charge on any atom is -0.462 e. The number of esters is 1. The summed E-state index contributed by atoms with van der Waals surface area (Å²) in [5, 5.41) is 0. The first kappa shape index (κ1) is 17.4. The molecule has 26 heavy (non-hydrogen) atoms. The van der Waals surface area contributed by atoms with Crippen LogP contribution in [0.15, 0.2) is 0 Å². The predicted octanol–water partition coefficient (Wildman–Crippen LogP) is 2.15. The molecule has 5 nitrogen and oxygen atoms in total. The highest BCUT2D eigenvalue weighted by Gasteiger charge is 2.65. The van der Waals surface area contributed by atoms with E-state index in [-0.39, 0.29) is 23.6 Å². The first-order chi connectivity index (χ1) is 12.5. The predicted molar refractivity (Wildman–Crippen MR) is 98.8 cm³/mol. The molecule has 3 saturated heterocycles. The van der Waals surface area contributed by atoms with Gasteiger partial charge in [0.25, 0.3) is 0 Å². The lowest BCUT2D eigenvalue weighted by molar-refractivity contribution is -0.147. The maximum atomic E-state index is 12.7. The molecule has 0 bridgehead atoms. The molecule has 0 radical (unpaired) electrons. The Kier molecular flexibility index (Phi) is 4.15. The van der Waals surface area contributed by atoms with Crippen molar-refractivity contribution in [3.8, 4) is 0 Å². The van der Waals surface area contributed by atoms with Crippen molar-refractivity contribution in [2.45, 2.75) is 57.7 Å². The molecule has 0 aromatic carbocycles. The van der Waals surface area contributed by atoms with Crippen LogP contribution in [0.5, 0.6) is 0 Å². The molecular weight excluding hydrogens is 328 g/mol. The Labute approximate surface area is 157 Å². The van der Waals surface area contributed by atoms with E-state index in [9.17, 15) is 4.79 Å². The summed E-state index contributed by atoms with van der Waals surface area (Å²) >= 11 is 0. The van der Waals surface area contributed by atoms with E-state index in [1.807, 2.05) is 0 Å². The maximum Gasteiger partial charge on any atom is 0.310 e. The molecule has 0 aromatic rings. The number of epoxide rings is 1. The third-order valence-corrected chi connectivity index (χ3v) is 8.45. The monoisotopic (exact) mass is 362 g/mol. The standard InChI is InChI=1S/C21H34N2O3/c1-3-22-7-9-23(10-8-22)13-16-15-11-18-20(2,12-17(15)26-19(16)24)5-4-6-21(18)14-25-21/h15-18H,3-14H2,1-2H3/t15-,16-,17-,18+,20-,21+/m1/s1. The fourth-order valence-corrected chi connectivity index (χ4v) is 6.73. The third-order valence-electron chi connectivity index (χ3n) is 8.45. The summed E-state index contributed by atoms with van der Waals surface area (Å²) < 4.78 is 12.0. The van der Waals surface area contributed by atoms with Gasteiger partial charge < -0.3 is 14.4 Å². The SMILES string of the molecule is CCN1CCN(C[C@H]2C(=O)O[C@@H]3C[C@@]4(C)CCC[C@]5(CO5)[C@H]4C[C@@H]32)CC1. The van der Waals surface area contributed by atoms with E-state index in [1.165, 1.54) is 19.3 Å². The Morgan fingerprint density at radius 1 is 1.15 bits per heavy atom. The quantitative estimate of drug-likeness (QED) is 0.569. The molecule has 146 valence electrons. The van der Waals surface area contributed by atoms with Gasteiger partial charge in [0.15, 0.2) is 0 Å². The Balaban J connectivity index is 1.30. The van der Waals surface area contributed by atoms with Crippen molar-refractivity contribution in [3.63, 3.8) is 0 Å². The van der Waals surface area contributed by atoms with Gasteiger partial charge in [-0.15, -0.1) is 0 Å². The lowest BCUT2D eigenvalue weighted by Gasteiger charge is -2.51. The molecule has 3 heterocycles. The minimum absolute atomic E-state index is 0.0749. The Morgan fingerprint density at radius 3 is 2.58 bits per heavy atom. The Morgan fingerprint density at radius 2 is 1.88 bits per heavy atom. The zero-order valence-electron chi connectivity index (χ0n) is 16.4. The summed E-state index contributed by atoms with van der Waals surface area (Å²) in [6.07, 6.45) is 6.10. The molecule has 5 rings (SSSR count). The molecule has 2 aliphatic carbocycles. The summed E-state index contributed by atoms with van der Waals surface area (Å²) in [5.74, 6) is 1.18. The van der Waals surface area contributed by atoms with E-state index >= 15 is 0 Å². The third kappa shape index (κ3) is 2.73. The first-order valence-corrected chi connectivity index (χ1v) is 10.8. The first-order valence-electron chi connectivity index (χ1n) is 10.8. The second kappa shape index (κ2) is 6.18. The van der Waals surface area contributed by atoms with Crippen molar-refractivity contribution >= 4 is 5.97 Å². The van der Waals surface area contributed by atoms with Gasteiger partial charge in [0, 0.05) is 38.6 Å². The highest BCUT2D eigenvalue weighted by Crippen LogP contribution is 2.62. The molecule has 0 aromatic heterocycles. The van der Waals surface area contributed by atoms with Crippen LogP contribution in [0.25, 0.3) is 0 Å². The van der Waals surface area contributed by atoms with E-state index in [1.54, 1.807) is 0 Å². The summed E-state index contributed by atoms with van der Waals surface area (Å²) in [6, 6.07) is 0. The number of ether oxygens (including phenoxy) is 2. The fourth-order valence-electron chi connectivity index (χ4n) is 6.73. The Bertz CT molecular complexity index is 570. The van der Waals surface area contributed by atoms with Crippen LogP contribution in [0.4, 0.5) is 0 Å². The molecule has 5 fully saturated rings. The van der Waals surface area contributed by atoms with Crippen molar-refractivity contribution < 1.29 is 14.3 Å². The average Bonchev–Trinajstić information content (AvgIpc) is 3.33. The zero-order chi connectivity index (χ0) is 17.9. The maximum absolute atomic E-state index is 12.7. The normalized spacial score (nSPS) is 48.9. The van der Waals surface area contributed by atoms with Gasteiger partial charge in [0.05, 0.1) is 18.1 Å². The number of carbonyl (C=O) groups is 1. The van der Waals surface area contributed by atoms with E-state index in [4.69, 9.17) is 9.47 Å². The summed E-state index contributed by atoms with van der Waals surface area (Å²) in [7, 11) is 0. The van der Waals surface area contributed by atoms with Gasteiger partial charge in [-0.3, -0.25) is 9.69 Å². The number of hydrogen-bond acceptors (Lipinski definition) is 5. The van der Waals surface area contributed by atoms with Gasteiger partial charge in [-0.05, 0) is 50.0 Å². The van der Waals surface area contributed by atoms with Gasteiger partial charge in [-0.2, -0.15) is 0 Å². The lowest BCUT2D eigenvalue weighted by Crippen LogP contribution is -2.52. The van der Waals surface area contributed by atoms with Gasteiger partial charge in [0.2, 0.25) is 0 Å². The van der Waals surface area contributed by atoms with E-state index in [0.29, 0.717) is 17.3 Å². The van der Waals surface area contributed by atoms with Gasteiger partial charge in [0.1, 0.15) is 6.10 Å².